The van der Waals surface area contributed by atoms with Crippen LogP contribution in [-0.4, -0.2) is 14.8 Å². The second-order valence-corrected chi connectivity index (χ2v) is 2.44. The Morgan fingerprint density at radius 3 is 3.30 bits per heavy atom. The molecule has 0 aliphatic carbocycles. The van der Waals surface area contributed by atoms with Gasteiger partial charge in [-0.3, -0.25) is 0 Å². The molecule has 3 heteroatoms. The smallest absolute Gasteiger partial charge is 0.148 e. The molecule has 2 rings (SSSR count). The summed E-state index contributed by atoms with van der Waals surface area (Å²) in [6.07, 6.45) is 6.20. The Morgan fingerprint density at radius 1 is 1.60 bits per heavy atom. The Bertz CT molecular complexity index is 272. The molecule has 0 amide bonds. The Hall–Kier alpha value is -1.12. The van der Waals surface area contributed by atoms with E-state index in [0.29, 0.717) is 0 Å². The fourth-order valence-corrected chi connectivity index (χ4v) is 1.15. The van der Waals surface area contributed by atoms with E-state index in [-0.39, 0.29) is 0 Å². The van der Waals surface area contributed by atoms with Crippen LogP contribution in [-0.2, 0) is 6.42 Å². The van der Waals surface area contributed by atoms with Crippen molar-refractivity contribution in [3.8, 4) is 0 Å². The third-order valence-electron chi connectivity index (χ3n) is 1.59. The first-order valence-corrected chi connectivity index (χ1v) is 3.45. The number of fused-ring (bicyclic) bond motifs is 1. The molecule has 0 bridgehead atoms. The van der Waals surface area contributed by atoms with Crippen molar-refractivity contribution in [2.24, 2.45) is 0 Å². The Kier molecular flexibility index (Phi) is 1.09. The van der Waals surface area contributed by atoms with Gasteiger partial charge in [-0.2, -0.15) is 5.10 Å². The molecule has 0 unspecified atom stereocenters. The fraction of sp³-hybridized carbons (Fsp3) is 0.429. The number of rotatable bonds is 0. The van der Waals surface area contributed by atoms with E-state index in [4.69, 9.17) is 0 Å². The summed E-state index contributed by atoms with van der Waals surface area (Å²) in [4.78, 5) is 4.25. The molecule has 2 heterocycles. The van der Waals surface area contributed by atoms with Crippen molar-refractivity contribution in [3.63, 3.8) is 0 Å². The average Bonchev–Trinajstić information content (AvgIpc) is 2.27. The van der Waals surface area contributed by atoms with Crippen LogP contribution in [0.1, 0.15) is 18.1 Å². The van der Waals surface area contributed by atoms with Gasteiger partial charge in [0.05, 0.1) is 0 Å². The molecule has 0 aromatic carbocycles. The van der Waals surface area contributed by atoms with Gasteiger partial charge in [-0.25, -0.2) is 9.67 Å². The molecule has 0 saturated heterocycles. The number of hydrogen-bond acceptors (Lipinski definition) is 2. The quantitative estimate of drug-likeness (QED) is 0.531. The number of hydrogen-bond donors (Lipinski definition) is 0. The first kappa shape index (κ1) is 5.65. The average molecular weight is 135 g/mol. The second kappa shape index (κ2) is 1.94. The molecule has 1 aromatic heterocycles. The van der Waals surface area contributed by atoms with Crippen LogP contribution in [0.3, 0.4) is 0 Å². The van der Waals surface area contributed by atoms with Crippen LogP contribution in [0.4, 0.5) is 0 Å². The van der Waals surface area contributed by atoms with Crippen molar-refractivity contribution in [2.75, 3.05) is 0 Å². The lowest BCUT2D eigenvalue weighted by molar-refractivity contribution is 0.780. The third kappa shape index (κ3) is 0.744. The number of aromatic nitrogens is 3. The predicted octanol–water partition coefficient (Wildman–Crippen LogP) is 1.00. The molecule has 52 valence electrons. The lowest BCUT2D eigenvalue weighted by atomic mass is 10.2. The van der Waals surface area contributed by atoms with Gasteiger partial charge < -0.3 is 0 Å². The summed E-state index contributed by atoms with van der Waals surface area (Å²) in [5.74, 6) is 1.95. The normalized spacial score (nSPS) is 15.3. The summed E-state index contributed by atoms with van der Waals surface area (Å²) in [5.41, 5.74) is 0. The number of aryl methyl sites for hydroxylation is 2. The standard InChI is InChI=1S/C7H9N3/c1-6-8-7-4-2-3-5-10(7)9-6/h3,5H,2,4H2,1H3. The SMILES string of the molecule is Cc1nc2n(n1)C=CCC2. The van der Waals surface area contributed by atoms with Gasteiger partial charge in [0.2, 0.25) is 0 Å². The zero-order valence-corrected chi connectivity index (χ0v) is 5.91. The zero-order valence-electron chi connectivity index (χ0n) is 5.91. The van der Waals surface area contributed by atoms with E-state index < -0.39 is 0 Å². The molecule has 0 saturated carbocycles. The minimum atomic E-state index is 0.863. The molecule has 0 radical (unpaired) electrons. The van der Waals surface area contributed by atoms with E-state index in [1.54, 1.807) is 0 Å². The van der Waals surface area contributed by atoms with Crippen molar-refractivity contribution in [2.45, 2.75) is 19.8 Å². The topological polar surface area (TPSA) is 30.7 Å². The molecule has 0 spiro atoms. The van der Waals surface area contributed by atoms with Gasteiger partial charge >= 0.3 is 0 Å². The van der Waals surface area contributed by atoms with Gasteiger partial charge in [-0.05, 0) is 13.3 Å². The monoisotopic (exact) mass is 135 g/mol. The fourth-order valence-electron chi connectivity index (χ4n) is 1.15. The highest BCUT2D eigenvalue weighted by Gasteiger charge is 2.06. The van der Waals surface area contributed by atoms with Crippen LogP contribution in [0.5, 0.6) is 0 Å². The molecule has 1 aliphatic heterocycles. The predicted molar refractivity (Wildman–Crippen MR) is 38.4 cm³/mol. The summed E-state index contributed by atoms with van der Waals surface area (Å²) < 4.78 is 1.85. The maximum atomic E-state index is 4.25. The lowest BCUT2D eigenvalue weighted by Gasteiger charge is -2.02. The summed E-state index contributed by atoms with van der Waals surface area (Å²) in [6, 6.07) is 0. The van der Waals surface area contributed by atoms with Gasteiger partial charge in [-0.15, -0.1) is 0 Å². The van der Waals surface area contributed by atoms with Crippen LogP contribution in [0.2, 0.25) is 0 Å². The van der Waals surface area contributed by atoms with Crippen molar-refractivity contribution < 1.29 is 0 Å². The molecule has 0 atom stereocenters. The maximum absolute atomic E-state index is 4.25. The Morgan fingerprint density at radius 2 is 2.50 bits per heavy atom. The minimum absolute atomic E-state index is 0.863. The van der Waals surface area contributed by atoms with E-state index in [2.05, 4.69) is 16.2 Å². The second-order valence-electron chi connectivity index (χ2n) is 2.44. The minimum Gasteiger partial charge on any atom is -0.225 e. The molecule has 0 N–H and O–H groups in total. The first-order chi connectivity index (χ1) is 4.86. The van der Waals surface area contributed by atoms with E-state index in [1.165, 1.54) is 0 Å². The highest BCUT2D eigenvalue weighted by molar-refractivity contribution is 5.25. The summed E-state index contributed by atoms with van der Waals surface area (Å²) in [7, 11) is 0. The van der Waals surface area contributed by atoms with Crippen LogP contribution in [0.15, 0.2) is 6.08 Å². The van der Waals surface area contributed by atoms with Crippen molar-refractivity contribution in [1.29, 1.82) is 0 Å². The zero-order chi connectivity index (χ0) is 6.97. The Balaban J connectivity index is 2.53. The summed E-state index contributed by atoms with van der Waals surface area (Å²) in [6.45, 7) is 1.92. The molecular formula is C7H9N3. The highest BCUT2D eigenvalue weighted by atomic mass is 15.3. The van der Waals surface area contributed by atoms with Crippen LogP contribution in [0.25, 0.3) is 6.20 Å². The van der Waals surface area contributed by atoms with Gasteiger partial charge in [0, 0.05) is 12.6 Å². The van der Waals surface area contributed by atoms with Gasteiger partial charge in [0.1, 0.15) is 11.6 Å². The first-order valence-electron chi connectivity index (χ1n) is 3.45. The van der Waals surface area contributed by atoms with E-state index >= 15 is 0 Å². The van der Waals surface area contributed by atoms with Crippen molar-refractivity contribution in [3.05, 3.63) is 17.7 Å². The highest BCUT2D eigenvalue weighted by Crippen LogP contribution is 2.07. The summed E-state index contributed by atoms with van der Waals surface area (Å²) >= 11 is 0. The Labute approximate surface area is 59.4 Å². The molecule has 1 aromatic rings. The number of allylic oxidation sites excluding steroid dienone is 1. The van der Waals surface area contributed by atoms with E-state index in [9.17, 15) is 0 Å². The molecule has 3 nitrogen and oxygen atoms in total. The molecule has 10 heavy (non-hydrogen) atoms. The molecule has 1 aliphatic rings. The van der Waals surface area contributed by atoms with Gasteiger partial charge in [-0.1, -0.05) is 6.08 Å². The maximum Gasteiger partial charge on any atom is 0.148 e. The van der Waals surface area contributed by atoms with Crippen LogP contribution >= 0.6 is 0 Å². The van der Waals surface area contributed by atoms with E-state index in [1.807, 2.05) is 17.8 Å². The molecule has 0 fully saturated rings. The molecular weight excluding hydrogens is 126 g/mol. The van der Waals surface area contributed by atoms with Gasteiger partial charge in [0.15, 0.2) is 0 Å². The number of nitrogens with zero attached hydrogens (tertiary/aromatic N) is 3. The van der Waals surface area contributed by atoms with Crippen LogP contribution < -0.4 is 0 Å². The summed E-state index contributed by atoms with van der Waals surface area (Å²) in [5, 5.41) is 4.17. The van der Waals surface area contributed by atoms with Crippen molar-refractivity contribution in [1.82, 2.24) is 14.8 Å². The largest absolute Gasteiger partial charge is 0.225 e. The lowest BCUT2D eigenvalue weighted by Crippen LogP contribution is -2.01. The third-order valence-corrected chi connectivity index (χ3v) is 1.59. The van der Waals surface area contributed by atoms with E-state index in [0.717, 1.165) is 24.5 Å². The van der Waals surface area contributed by atoms with Crippen molar-refractivity contribution >= 4 is 6.20 Å². The van der Waals surface area contributed by atoms with Crippen LogP contribution in [0, 0.1) is 6.92 Å². The van der Waals surface area contributed by atoms with Gasteiger partial charge in [0.25, 0.3) is 0 Å².